The normalized spacial score (nSPS) is 11.5. The van der Waals surface area contributed by atoms with Gasteiger partial charge >= 0.3 is 6.09 Å². The molecule has 164 valence electrons. The Labute approximate surface area is 192 Å². The summed E-state index contributed by atoms with van der Waals surface area (Å²) in [7, 11) is 1.73. The lowest BCUT2D eigenvalue weighted by Gasteiger charge is -2.24. The molecule has 0 saturated heterocycles. The van der Waals surface area contributed by atoms with Crippen LogP contribution >= 0.6 is 11.6 Å². The van der Waals surface area contributed by atoms with Gasteiger partial charge in [-0.15, -0.1) is 0 Å². The molecule has 0 fully saturated rings. The number of halogens is 1. The summed E-state index contributed by atoms with van der Waals surface area (Å²) < 4.78 is 7.47. The minimum Gasteiger partial charge on any atom is -0.444 e. The SMILES string of the molecule is CN(Cc1cccc(-c2cn(-c3ccccc3)c3ncnc(Cl)c23)c1)C(=O)OC(C)(C)C. The molecule has 0 atom stereocenters. The fourth-order valence-electron chi connectivity index (χ4n) is 3.54. The van der Waals surface area contributed by atoms with Gasteiger partial charge in [0, 0.05) is 31.0 Å². The summed E-state index contributed by atoms with van der Waals surface area (Å²) in [6.07, 6.45) is 3.14. The highest BCUT2D eigenvalue weighted by Crippen LogP contribution is 2.35. The lowest BCUT2D eigenvalue weighted by molar-refractivity contribution is 0.0285. The zero-order valence-corrected chi connectivity index (χ0v) is 19.3. The zero-order valence-electron chi connectivity index (χ0n) is 18.5. The summed E-state index contributed by atoms with van der Waals surface area (Å²) in [5.74, 6) is 0. The van der Waals surface area contributed by atoms with Gasteiger partial charge < -0.3 is 14.2 Å². The zero-order chi connectivity index (χ0) is 22.9. The number of carbonyl (C=O) groups is 1. The predicted octanol–water partition coefficient (Wildman–Crippen LogP) is 6.11. The molecule has 2 heterocycles. The number of hydrogen-bond donors (Lipinski definition) is 0. The third-order valence-corrected chi connectivity index (χ3v) is 5.22. The molecule has 4 rings (SSSR count). The Morgan fingerprint density at radius 3 is 2.56 bits per heavy atom. The maximum absolute atomic E-state index is 12.4. The van der Waals surface area contributed by atoms with Crippen LogP contribution in [0.2, 0.25) is 5.15 Å². The summed E-state index contributed by atoms with van der Waals surface area (Å²) in [6, 6.07) is 18.0. The molecule has 32 heavy (non-hydrogen) atoms. The maximum atomic E-state index is 12.4. The average molecular weight is 449 g/mol. The number of ether oxygens (including phenoxy) is 1. The van der Waals surface area contributed by atoms with Crippen LogP contribution in [0.15, 0.2) is 67.1 Å². The molecule has 2 aromatic heterocycles. The van der Waals surface area contributed by atoms with Crippen molar-refractivity contribution in [3.63, 3.8) is 0 Å². The number of benzene rings is 2. The summed E-state index contributed by atoms with van der Waals surface area (Å²) in [5.41, 5.74) is 4.06. The Kier molecular flexibility index (Phi) is 5.89. The van der Waals surface area contributed by atoms with Crippen LogP contribution < -0.4 is 0 Å². The molecule has 7 heteroatoms. The molecular formula is C25H25ClN4O2. The van der Waals surface area contributed by atoms with E-state index in [-0.39, 0.29) is 6.09 Å². The van der Waals surface area contributed by atoms with Crippen molar-refractivity contribution in [3.8, 4) is 16.8 Å². The fraction of sp³-hybridized carbons (Fsp3) is 0.240. The number of para-hydroxylation sites is 1. The van der Waals surface area contributed by atoms with Crippen molar-refractivity contribution < 1.29 is 9.53 Å². The molecule has 0 radical (unpaired) electrons. The number of fused-ring (bicyclic) bond motifs is 1. The number of hydrogen-bond acceptors (Lipinski definition) is 4. The van der Waals surface area contributed by atoms with E-state index in [0.717, 1.165) is 33.4 Å². The van der Waals surface area contributed by atoms with Crippen molar-refractivity contribution in [1.82, 2.24) is 19.4 Å². The van der Waals surface area contributed by atoms with Crippen molar-refractivity contribution in [2.75, 3.05) is 7.05 Å². The first-order chi connectivity index (χ1) is 15.2. The average Bonchev–Trinajstić information content (AvgIpc) is 3.14. The Morgan fingerprint density at radius 2 is 1.84 bits per heavy atom. The van der Waals surface area contributed by atoms with E-state index in [4.69, 9.17) is 16.3 Å². The van der Waals surface area contributed by atoms with Gasteiger partial charge in [-0.25, -0.2) is 14.8 Å². The van der Waals surface area contributed by atoms with Crippen molar-refractivity contribution in [1.29, 1.82) is 0 Å². The van der Waals surface area contributed by atoms with E-state index < -0.39 is 5.60 Å². The third kappa shape index (κ3) is 4.60. The van der Waals surface area contributed by atoms with E-state index in [1.165, 1.54) is 6.33 Å². The second kappa shape index (κ2) is 8.63. The smallest absolute Gasteiger partial charge is 0.410 e. The van der Waals surface area contributed by atoms with E-state index in [0.29, 0.717) is 11.7 Å². The number of rotatable bonds is 4. The molecule has 0 spiro atoms. The summed E-state index contributed by atoms with van der Waals surface area (Å²) in [4.78, 5) is 22.6. The van der Waals surface area contributed by atoms with Crippen molar-refractivity contribution in [2.24, 2.45) is 0 Å². The van der Waals surface area contributed by atoms with Gasteiger partial charge in [-0.1, -0.05) is 48.0 Å². The van der Waals surface area contributed by atoms with Gasteiger partial charge in [0.05, 0.1) is 5.39 Å². The van der Waals surface area contributed by atoms with Gasteiger partial charge in [-0.2, -0.15) is 0 Å². The van der Waals surface area contributed by atoms with E-state index >= 15 is 0 Å². The Morgan fingerprint density at radius 1 is 1.09 bits per heavy atom. The minimum atomic E-state index is -0.538. The molecule has 0 aliphatic heterocycles. The molecule has 6 nitrogen and oxygen atoms in total. The van der Waals surface area contributed by atoms with Gasteiger partial charge in [-0.05, 0) is 50.1 Å². The second-order valence-corrected chi connectivity index (χ2v) is 9.01. The molecule has 0 N–H and O–H groups in total. The van der Waals surface area contributed by atoms with Gasteiger partial charge in [0.25, 0.3) is 0 Å². The standard InChI is InChI=1S/C25H25ClN4O2/c1-25(2,3)32-24(31)29(4)14-17-9-8-10-18(13-17)20-15-30(19-11-6-5-7-12-19)23-21(20)22(26)27-16-28-23/h5-13,15-16H,14H2,1-4H3. The number of amides is 1. The van der Waals surface area contributed by atoms with Gasteiger partial charge in [0.15, 0.2) is 0 Å². The van der Waals surface area contributed by atoms with Crippen LogP contribution in [0.5, 0.6) is 0 Å². The van der Waals surface area contributed by atoms with Crippen LogP contribution in [0.1, 0.15) is 26.3 Å². The van der Waals surface area contributed by atoms with E-state index in [9.17, 15) is 4.79 Å². The van der Waals surface area contributed by atoms with Crippen molar-refractivity contribution >= 4 is 28.7 Å². The summed E-state index contributed by atoms with van der Waals surface area (Å²) in [5, 5.41) is 1.19. The van der Waals surface area contributed by atoms with E-state index in [1.807, 2.05) is 86.1 Å². The predicted molar refractivity (Wildman–Crippen MR) is 127 cm³/mol. The van der Waals surface area contributed by atoms with Crippen molar-refractivity contribution in [3.05, 3.63) is 77.8 Å². The second-order valence-electron chi connectivity index (χ2n) is 8.65. The first-order valence-corrected chi connectivity index (χ1v) is 10.7. The summed E-state index contributed by atoms with van der Waals surface area (Å²) in [6.45, 7) is 5.99. The summed E-state index contributed by atoms with van der Waals surface area (Å²) >= 11 is 6.51. The van der Waals surface area contributed by atoms with Crippen LogP contribution in [0.4, 0.5) is 4.79 Å². The fourth-order valence-corrected chi connectivity index (χ4v) is 3.77. The highest BCUT2D eigenvalue weighted by atomic mass is 35.5. The molecule has 4 aromatic rings. The molecule has 0 bridgehead atoms. The largest absolute Gasteiger partial charge is 0.444 e. The molecule has 0 aliphatic rings. The number of nitrogens with zero attached hydrogens (tertiary/aromatic N) is 4. The lowest BCUT2D eigenvalue weighted by atomic mass is 10.0. The highest BCUT2D eigenvalue weighted by Gasteiger charge is 2.20. The van der Waals surface area contributed by atoms with E-state index in [2.05, 4.69) is 9.97 Å². The minimum absolute atomic E-state index is 0.361. The third-order valence-electron chi connectivity index (χ3n) is 4.93. The van der Waals surface area contributed by atoms with Crippen LogP contribution in [0.3, 0.4) is 0 Å². The molecular weight excluding hydrogens is 424 g/mol. The Balaban J connectivity index is 1.72. The first-order valence-electron chi connectivity index (χ1n) is 10.3. The van der Waals surface area contributed by atoms with Gasteiger partial charge in [-0.3, -0.25) is 0 Å². The molecule has 1 amide bonds. The molecule has 0 aliphatic carbocycles. The molecule has 0 unspecified atom stereocenters. The number of aromatic nitrogens is 3. The monoisotopic (exact) mass is 448 g/mol. The number of carbonyl (C=O) groups excluding carboxylic acids is 1. The Hall–Kier alpha value is -3.38. The van der Waals surface area contributed by atoms with Crippen molar-refractivity contribution in [2.45, 2.75) is 32.9 Å². The van der Waals surface area contributed by atoms with E-state index in [1.54, 1.807) is 11.9 Å². The topological polar surface area (TPSA) is 60.2 Å². The molecule has 0 saturated carbocycles. The van der Waals surface area contributed by atoms with Crippen LogP contribution in [-0.2, 0) is 11.3 Å². The molecule has 2 aromatic carbocycles. The highest BCUT2D eigenvalue weighted by molar-refractivity contribution is 6.35. The lowest BCUT2D eigenvalue weighted by Crippen LogP contribution is -2.33. The quantitative estimate of drug-likeness (QED) is 0.353. The maximum Gasteiger partial charge on any atom is 0.410 e. The van der Waals surface area contributed by atoms with Crippen LogP contribution in [0, 0.1) is 0 Å². The van der Waals surface area contributed by atoms with Gasteiger partial charge in [0.1, 0.15) is 22.7 Å². The Bertz CT molecular complexity index is 1260. The first kappa shape index (κ1) is 21.8. The van der Waals surface area contributed by atoms with Crippen LogP contribution in [0.25, 0.3) is 27.8 Å². The van der Waals surface area contributed by atoms with Gasteiger partial charge in [0.2, 0.25) is 0 Å². The van der Waals surface area contributed by atoms with Crippen LogP contribution in [-0.4, -0.2) is 38.2 Å².